The highest BCUT2D eigenvalue weighted by molar-refractivity contribution is 5.48. The van der Waals surface area contributed by atoms with Crippen LogP contribution in [0.5, 0.6) is 0 Å². The summed E-state index contributed by atoms with van der Waals surface area (Å²) in [6, 6.07) is 7.41. The first-order chi connectivity index (χ1) is 7.24. The summed E-state index contributed by atoms with van der Waals surface area (Å²) in [5, 5.41) is 6.94. The van der Waals surface area contributed by atoms with Gasteiger partial charge < -0.3 is 10.6 Å². The number of anilines is 1. The molecule has 0 radical (unpaired) electrons. The van der Waals surface area contributed by atoms with Crippen LogP contribution in [0, 0.1) is 13.8 Å². The van der Waals surface area contributed by atoms with Gasteiger partial charge >= 0.3 is 0 Å². The van der Waals surface area contributed by atoms with Crippen LogP contribution in [0.25, 0.3) is 0 Å². The van der Waals surface area contributed by atoms with E-state index in [1.807, 2.05) is 0 Å². The maximum Gasteiger partial charge on any atom is 0.0345 e. The Bertz CT molecular complexity index is 309. The summed E-state index contributed by atoms with van der Waals surface area (Å²) in [6.45, 7) is 6.36. The van der Waals surface area contributed by atoms with Gasteiger partial charge in [-0.25, -0.2) is 0 Å². The van der Waals surface area contributed by atoms with Gasteiger partial charge in [0, 0.05) is 24.8 Å². The summed E-state index contributed by atoms with van der Waals surface area (Å²) in [7, 11) is 0. The maximum atomic E-state index is 3.49. The number of rotatable bonds is 5. The Balaban J connectivity index is 1.76. The molecule has 0 unspecified atom stereocenters. The van der Waals surface area contributed by atoms with Crippen molar-refractivity contribution in [1.82, 2.24) is 5.32 Å². The second-order valence-corrected chi connectivity index (χ2v) is 4.53. The first-order valence-electron chi connectivity index (χ1n) is 5.79. The largest absolute Gasteiger partial charge is 0.384 e. The van der Waals surface area contributed by atoms with Gasteiger partial charge in [-0.1, -0.05) is 6.07 Å². The normalized spacial score (nSPS) is 15.3. The van der Waals surface area contributed by atoms with Crippen LogP contribution in [-0.4, -0.2) is 19.1 Å². The van der Waals surface area contributed by atoms with E-state index in [9.17, 15) is 0 Å². The van der Waals surface area contributed by atoms with Gasteiger partial charge in [0.15, 0.2) is 0 Å². The van der Waals surface area contributed by atoms with E-state index in [0.29, 0.717) is 0 Å². The fraction of sp³-hybridized carbons (Fsp3) is 0.538. The lowest BCUT2D eigenvalue weighted by atomic mass is 10.1. The van der Waals surface area contributed by atoms with Gasteiger partial charge in [-0.15, -0.1) is 0 Å². The molecular weight excluding hydrogens is 184 g/mol. The number of hydrogen-bond donors (Lipinski definition) is 2. The molecular formula is C13H20N2. The number of hydrogen-bond acceptors (Lipinski definition) is 2. The van der Waals surface area contributed by atoms with E-state index in [1.165, 1.54) is 29.7 Å². The Morgan fingerprint density at radius 2 is 1.73 bits per heavy atom. The van der Waals surface area contributed by atoms with Crippen LogP contribution < -0.4 is 10.6 Å². The molecule has 1 aliphatic carbocycles. The Kier molecular flexibility index (Phi) is 3.27. The predicted molar refractivity (Wildman–Crippen MR) is 65.4 cm³/mol. The third-order valence-corrected chi connectivity index (χ3v) is 2.69. The summed E-state index contributed by atoms with van der Waals surface area (Å²) in [5.74, 6) is 0. The molecule has 2 heteroatoms. The molecule has 0 atom stereocenters. The molecule has 2 rings (SSSR count). The smallest absolute Gasteiger partial charge is 0.0345 e. The number of benzene rings is 1. The molecule has 0 bridgehead atoms. The van der Waals surface area contributed by atoms with Crippen LogP contribution in [0.15, 0.2) is 18.2 Å². The molecule has 1 aromatic carbocycles. The van der Waals surface area contributed by atoms with Crippen molar-refractivity contribution in [1.29, 1.82) is 0 Å². The van der Waals surface area contributed by atoms with Gasteiger partial charge in [0.05, 0.1) is 0 Å². The molecule has 1 fully saturated rings. The second-order valence-electron chi connectivity index (χ2n) is 4.53. The van der Waals surface area contributed by atoms with Gasteiger partial charge in [0.25, 0.3) is 0 Å². The van der Waals surface area contributed by atoms with Crippen molar-refractivity contribution in [3.05, 3.63) is 29.3 Å². The third kappa shape index (κ3) is 3.56. The monoisotopic (exact) mass is 204 g/mol. The van der Waals surface area contributed by atoms with Gasteiger partial charge in [0.2, 0.25) is 0 Å². The van der Waals surface area contributed by atoms with E-state index in [0.717, 1.165) is 19.1 Å². The van der Waals surface area contributed by atoms with Crippen LogP contribution in [-0.2, 0) is 0 Å². The Labute approximate surface area is 92.1 Å². The highest BCUT2D eigenvalue weighted by Crippen LogP contribution is 2.18. The second kappa shape index (κ2) is 4.67. The Morgan fingerprint density at radius 1 is 1.07 bits per heavy atom. The van der Waals surface area contributed by atoms with Crippen LogP contribution in [0.2, 0.25) is 0 Å². The lowest BCUT2D eigenvalue weighted by molar-refractivity contribution is 0.701. The van der Waals surface area contributed by atoms with Crippen LogP contribution in [0.3, 0.4) is 0 Å². The molecule has 1 saturated carbocycles. The van der Waals surface area contributed by atoms with Crippen molar-refractivity contribution < 1.29 is 0 Å². The molecule has 0 amide bonds. The lowest BCUT2D eigenvalue weighted by Gasteiger charge is -2.09. The van der Waals surface area contributed by atoms with Gasteiger partial charge in [-0.05, 0) is 49.9 Å². The SMILES string of the molecule is Cc1cc(C)cc(NCCNC2CC2)c1. The first-order valence-corrected chi connectivity index (χ1v) is 5.79. The zero-order valence-corrected chi connectivity index (χ0v) is 9.64. The van der Waals surface area contributed by atoms with Crippen LogP contribution in [0.4, 0.5) is 5.69 Å². The summed E-state index contributed by atoms with van der Waals surface area (Å²) < 4.78 is 0. The fourth-order valence-corrected chi connectivity index (χ4v) is 1.85. The average Bonchev–Trinajstić information content (AvgIpc) is 2.94. The van der Waals surface area contributed by atoms with Crippen molar-refractivity contribution >= 4 is 5.69 Å². The van der Waals surface area contributed by atoms with E-state index < -0.39 is 0 Å². The van der Waals surface area contributed by atoms with Gasteiger partial charge in [-0.3, -0.25) is 0 Å². The molecule has 1 aromatic rings. The molecule has 0 spiro atoms. The minimum Gasteiger partial charge on any atom is -0.384 e. The van der Waals surface area contributed by atoms with Crippen molar-refractivity contribution in [2.24, 2.45) is 0 Å². The number of nitrogens with one attached hydrogen (secondary N) is 2. The molecule has 2 N–H and O–H groups in total. The molecule has 0 heterocycles. The molecule has 15 heavy (non-hydrogen) atoms. The molecule has 0 aliphatic heterocycles. The van der Waals surface area contributed by atoms with Gasteiger partial charge in [0.1, 0.15) is 0 Å². The highest BCUT2D eigenvalue weighted by Gasteiger charge is 2.19. The van der Waals surface area contributed by atoms with E-state index in [2.05, 4.69) is 42.7 Å². The standard InChI is InChI=1S/C13H20N2/c1-10-7-11(2)9-13(8-10)15-6-5-14-12-3-4-12/h7-9,12,14-15H,3-6H2,1-2H3. The van der Waals surface area contributed by atoms with E-state index in [4.69, 9.17) is 0 Å². The van der Waals surface area contributed by atoms with Gasteiger partial charge in [-0.2, -0.15) is 0 Å². The first kappa shape index (κ1) is 10.5. The lowest BCUT2D eigenvalue weighted by Crippen LogP contribution is -2.23. The van der Waals surface area contributed by atoms with Crippen LogP contribution >= 0.6 is 0 Å². The highest BCUT2D eigenvalue weighted by atomic mass is 15.0. The quantitative estimate of drug-likeness (QED) is 0.720. The maximum absolute atomic E-state index is 3.49. The molecule has 2 nitrogen and oxygen atoms in total. The minimum absolute atomic E-state index is 0.811. The van der Waals surface area contributed by atoms with Crippen molar-refractivity contribution in [3.8, 4) is 0 Å². The Morgan fingerprint density at radius 3 is 2.33 bits per heavy atom. The average molecular weight is 204 g/mol. The zero-order chi connectivity index (χ0) is 10.7. The van der Waals surface area contributed by atoms with Crippen molar-refractivity contribution in [3.63, 3.8) is 0 Å². The molecule has 0 aromatic heterocycles. The predicted octanol–water partition coefficient (Wildman–Crippen LogP) is 2.47. The molecule has 1 aliphatic rings. The minimum atomic E-state index is 0.811. The van der Waals surface area contributed by atoms with Crippen molar-refractivity contribution in [2.45, 2.75) is 32.7 Å². The van der Waals surface area contributed by atoms with Crippen molar-refractivity contribution in [2.75, 3.05) is 18.4 Å². The molecule has 82 valence electrons. The topological polar surface area (TPSA) is 24.1 Å². The summed E-state index contributed by atoms with van der Waals surface area (Å²) >= 11 is 0. The van der Waals surface area contributed by atoms with E-state index >= 15 is 0 Å². The summed E-state index contributed by atoms with van der Waals surface area (Å²) in [4.78, 5) is 0. The van der Waals surface area contributed by atoms with E-state index in [-0.39, 0.29) is 0 Å². The molecule has 0 saturated heterocycles. The summed E-state index contributed by atoms with van der Waals surface area (Å²) in [5.41, 5.74) is 3.89. The Hall–Kier alpha value is -1.02. The fourth-order valence-electron chi connectivity index (χ4n) is 1.85. The number of aryl methyl sites for hydroxylation is 2. The van der Waals surface area contributed by atoms with Crippen LogP contribution in [0.1, 0.15) is 24.0 Å². The summed E-state index contributed by atoms with van der Waals surface area (Å²) in [6.07, 6.45) is 2.73. The zero-order valence-electron chi connectivity index (χ0n) is 9.64. The van der Waals surface area contributed by atoms with E-state index in [1.54, 1.807) is 0 Å². The third-order valence-electron chi connectivity index (χ3n) is 2.69.